The molecule has 0 amide bonds. The first-order valence-electron chi connectivity index (χ1n) is 8.45. The summed E-state index contributed by atoms with van der Waals surface area (Å²) in [7, 11) is 0. The van der Waals surface area contributed by atoms with E-state index in [1.54, 1.807) is 6.92 Å². The lowest BCUT2D eigenvalue weighted by Gasteiger charge is -2.36. The van der Waals surface area contributed by atoms with Crippen molar-refractivity contribution >= 4 is 17.2 Å². The van der Waals surface area contributed by atoms with Crippen molar-refractivity contribution < 1.29 is 9.63 Å². The number of ketones is 1. The van der Waals surface area contributed by atoms with Crippen LogP contribution in [0.15, 0.2) is 29.4 Å². The molecule has 5 heteroatoms. The molecular formula is C18H25N3O2. The zero-order chi connectivity index (χ0) is 16.2. The average molecular weight is 315 g/mol. The van der Waals surface area contributed by atoms with Crippen molar-refractivity contribution in [1.29, 1.82) is 0 Å². The van der Waals surface area contributed by atoms with Crippen molar-refractivity contribution in [2.75, 3.05) is 37.6 Å². The van der Waals surface area contributed by atoms with Crippen LogP contribution in [0, 0.1) is 0 Å². The number of rotatable bonds is 5. The van der Waals surface area contributed by atoms with Crippen molar-refractivity contribution in [2.24, 2.45) is 5.16 Å². The van der Waals surface area contributed by atoms with E-state index in [0.29, 0.717) is 0 Å². The largest absolute Gasteiger partial charge is 0.391 e. The number of anilines is 1. The van der Waals surface area contributed by atoms with Crippen LogP contribution in [0.1, 0.15) is 37.0 Å². The van der Waals surface area contributed by atoms with Gasteiger partial charge in [0, 0.05) is 50.4 Å². The molecule has 1 aromatic rings. The fraction of sp³-hybridized carbons (Fsp3) is 0.556. The lowest BCUT2D eigenvalue weighted by atomic mass is 10.1. The fourth-order valence-electron chi connectivity index (χ4n) is 3.18. The maximum absolute atomic E-state index is 11.3. The molecule has 0 N–H and O–H groups in total. The summed E-state index contributed by atoms with van der Waals surface area (Å²) in [5.41, 5.74) is 3.15. The molecule has 0 spiro atoms. The predicted molar refractivity (Wildman–Crippen MR) is 92.3 cm³/mol. The SMILES string of the molecule is CCC1=NOC(CN2CCN(c3ccc(C(C)=O)cc3)CC2)C1. The predicted octanol–water partition coefficient (Wildman–Crippen LogP) is 2.57. The van der Waals surface area contributed by atoms with E-state index < -0.39 is 0 Å². The van der Waals surface area contributed by atoms with Crippen LogP contribution in [0.2, 0.25) is 0 Å². The van der Waals surface area contributed by atoms with E-state index in [1.807, 2.05) is 24.3 Å². The van der Waals surface area contributed by atoms with Crippen LogP contribution in [-0.4, -0.2) is 55.2 Å². The summed E-state index contributed by atoms with van der Waals surface area (Å²) >= 11 is 0. The molecule has 23 heavy (non-hydrogen) atoms. The number of carbonyl (C=O) groups is 1. The van der Waals surface area contributed by atoms with E-state index in [-0.39, 0.29) is 11.9 Å². The summed E-state index contributed by atoms with van der Waals surface area (Å²) < 4.78 is 0. The highest BCUT2D eigenvalue weighted by Crippen LogP contribution is 2.19. The van der Waals surface area contributed by atoms with Gasteiger partial charge in [-0.2, -0.15) is 0 Å². The number of hydrogen-bond acceptors (Lipinski definition) is 5. The van der Waals surface area contributed by atoms with Gasteiger partial charge in [-0.25, -0.2) is 0 Å². The minimum atomic E-state index is 0.117. The molecule has 1 aromatic carbocycles. The number of carbonyl (C=O) groups excluding carboxylic acids is 1. The van der Waals surface area contributed by atoms with Gasteiger partial charge in [0.25, 0.3) is 0 Å². The molecule has 2 aliphatic rings. The second-order valence-corrected chi connectivity index (χ2v) is 6.33. The average Bonchev–Trinajstić information content (AvgIpc) is 3.03. The molecule has 1 fully saturated rings. The normalized spacial score (nSPS) is 21.9. The molecule has 0 aromatic heterocycles. The van der Waals surface area contributed by atoms with Crippen LogP contribution in [0.5, 0.6) is 0 Å². The van der Waals surface area contributed by atoms with Gasteiger partial charge < -0.3 is 9.74 Å². The number of oxime groups is 1. The van der Waals surface area contributed by atoms with E-state index in [0.717, 1.165) is 51.1 Å². The number of nitrogens with zero attached hydrogens (tertiary/aromatic N) is 3. The summed E-state index contributed by atoms with van der Waals surface area (Å²) in [5.74, 6) is 0.117. The zero-order valence-corrected chi connectivity index (χ0v) is 14.0. The first-order valence-corrected chi connectivity index (χ1v) is 8.45. The third kappa shape index (κ3) is 3.91. The zero-order valence-electron chi connectivity index (χ0n) is 14.0. The van der Waals surface area contributed by atoms with Gasteiger partial charge >= 0.3 is 0 Å². The van der Waals surface area contributed by atoms with Crippen LogP contribution < -0.4 is 4.90 Å². The van der Waals surface area contributed by atoms with Crippen molar-refractivity contribution in [3.8, 4) is 0 Å². The maximum Gasteiger partial charge on any atom is 0.159 e. The number of benzene rings is 1. The quantitative estimate of drug-likeness (QED) is 0.784. The lowest BCUT2D eigenvalue weighted by Crippen LogP contribution is -2.48. The second-order valence-electron chi connectivity index (χ2n) is 6.33. The Morgan fingerprint density at radius 2 is 1.91 bits per heavy atom. The van der Waals surface area contributed by atoms with Gasteiger partial charge in [0.15, 0.2) is 5.78 Å². The Bertz CT molecular complexity index is 574. The molecule has 3 rings (SSSR count). The summed E-state index contributed by atoms with van der Waals surface area (Å²) in [6.07, 6.45) is 2.19. The Morgan fingerprint density at radius 3 is 2.48 bits per heavy atom. The van der Waals surface area contributed by atoms with Gasteiger partial charge in [0.2, 0.25) is 0 Å². The van der Waals surface area contributed by atoms with Gasteiger partial charge in [0.05, 0.1) is 5.71 Å². The molecule has 124 valence electrons. The smallest absolute Gasteiger partial charge is 0.159 e. The summed E-state index contributed by atoms with van der Waals surface area (Å²) in [4.78, 5) is 21.7. The minimum absolute atomic E-state index is 0.117. The highest BCUT2D eigenvalue weighted by atomic mass is 16.6. The van der Waals surface area contributed by atoms with Crippen LogP contribution in [0.25, 0.3) is 0 Å². The Balaban J connectivity index is 1.48. The Morgan fingerprint density at radius 1 is 1.22 bits per heavy atom. The van der Waals surface area contributed by atoms with Crippen LogP contribution >= 0.6 is 0 Å². The molecule has 0 bridgehead atoms. The summed E-state index contributed by atoms with van der Waals surface area (Å²) in [6, 6.07) is 7.93. The number of Topliss-reactive ketones (excluding diaryl/α,β-unsaturated/α-hetero) is 1. The highest BCUT2D eigenvalue weighted by Gasteiger charge is 2.25. The van der Waals surface area contributed by atoms with E-state index in [2.05, 4.69) is 21.9 Å². The molecule has 1 saturated heterocycles. The minimum Gasteiger partial charge on any atom is -0.391 e. The molecule has 0 saturated carbocycles. The lowest BCUT2D eigenvalue weighted by molar-refractivity contribution is 0.0510. The Labute approximate surface area is 137 Å². The van der Waals surface area contributed by atoms with Crippen LogP contribution in [0.3, 0.4) is 0 Å². The van der Waals surface area contributed by atoms with E-state index in [1.165, 1.54) is 11.4 Å². The standard InChI is InChI=1S/C18H25N3O2/c1-3-16-12-18(23-19-16)13-20-8-10-21(11-9-20)17-6-4-15(5-7-17)14(2)22/h4-7,18H,3,8-13H2,1-2H3. The van der Waals surface area contributed by atoms with Gasteiger partial charge in [0.1, 0.15) is 6.10 Å². The van der Waals surface area contributed by atoms with Gasteiger partial charge in [-0.05, 0) is 37.6 Å². The third-order valence-corrected chi connectivity index (χ3v) is 4.68. The second kappa shape index (κ2) is 7.13. The van der Waals surface area contributed by atoms with Crippen LogP contribution in [0.4, 0.5) is 5.69 Å². The molecular weight excluding hydrogens is 290 g/mol. The Kier molecular flexibility index (Phi) is 4.96. The van der Waals surface area contributed by atoms with Gasteiger partial charge in [-0.15, -0.1) is 0 Å². The molecule has 0 aliphatic carbocycles. The first kappa shape index (κ1) is 16.0. The Hall–Kier alpha value is -1.88. The van der Waals surface area contributed by atoms with Crippen molar-refractivity contribution in [2.45, 2.75) is 32.8 Å². The maximum atomic E-state index is 11.3. The van der Waals surface area contributed by atoms with Crippen molar-refractivity contribution in [1.82, 2.24) is 4.90 Å². The van der Waals surface area contributed by atoms with E-state index in [9.17, 15) is 4.79 Å². The van der Waals surface area contributed by atoms with Crippen LogP contribution in [-0.2, 0) is 4.84 Å². The topological polar surface area (TPSA) is 45.1 Å². The van der Waals surface area contributed by atoms with E-state index in [4.69, 9.17) is 4.84 Å². The molecule has 2 heterocycles. The molecule has 2 aliphatic heterocycles. The van der Waals surface area contributed by atoms with E-state index >= 15 is 0 Å². The molecule has 1 unspecified atom stereocenters. The fourth-order valence-corrected chi connectivity index (χ4v) is 3.18. The molecule has 5 nitrogen and oxygen atoms in total. The molecule has 0 radical (unpaired) electrons. The molecule has 1 atom stereocenters. The number of piperazine rings is 1. The van der Waals surface area contributed by atoms with Gasteiger partial charge in [-0.3, -0.25) is 9.69 Å². The summed E-state index contributed by atoms with van der Waals surface area (Å²) in [5, 5.41) is 4.14. The van der Waals surface area contributed by atoms with Crippen molar-refractivity contribution in [3.05, 3.63) is 29.8 Å². The summed E-state index contributed by atoms with van der Waals surface area (Å²) in [6.45, 7) is 8.78. The first-order chi connectivity index (χ1) is 11.2. The highest BCUT2D eigenvalue weighted by molar-refractivity contribution is 5.94. The third-order valence-electron chi connectivity index (χ3n) is 4.68. The van der Waals surface area contributed by atoms with Crippen molar-refractivity contribution in [3.63, 3.8) is 0 Å². The van der Waals surface area contributed by atoms with Gasteiger partial charge in [-0.1, -0.05) is 12.1 Å². The number of hydrogen-bond donors (Lipinski definition) is 0. The monoisotopic (exact) mass is 315 g/mol.